The Morgan fingerprint density at radius 3 is 2.36 bits per heavy atom. The van der Waals surface area contributed by atoms with Crippen molar-refractivity contribution in [1.29, 1.82) is 0 Å². The van der Waals surface area contributed by atoms with Gasteiger partial charge in [0.1, 0.15) is 11.6 Å². The Morgan fingerprint density at radius 1 is 1.08 bits per heavy atom. The van der Waals surface area contributed by atoms with Crippen LogP contribution in [0.1, 0.15) is 0 Å². The SMILES string of the molecule is O=S(=O)(Nc1cccc(Cl)c1N1CCOCC1)c1cc(F)cc(F)c1. The number of nitrogens with one attached hydrogen (secondary N) is 1. The lowest BCUT2D eigenvalue weighted by molar-refractivity contribution is 0.123. The molecule has 25 heavy (non-hydrogen) atoms. The molecule has 0 aliphatic carbocycles. The molecule has 9 heteroatoms. The topological polar surface area (TPSA) is 58.6 Å². The third kappa shape index (κ3) is 4.02. The summed E-state index contributed by atoms with van der Waals surface area (Å²) >= 11 is 6.25. The standard InChI is InChI=1S/C16H15ClF2N2O3S/c17-14-2-1-3-15(16(14)21-4-6-24-7-5-21)20-25(22,23)13-9-11(18)8-12(19)10-13/h1-3,8-10,20H,4-7H2. The van der Waals surface area contributed by atoms with E-state index < -0.39 is 26.6 Å². The molecule has 3 rings (SSSR count). The highest BCUT2D eigenvalue weighted by atomic mass is 35.5. The minimum absolute atomic E-state index is 0.235. The number of ether oxygens (including phenoxy) is 1. The van der Waals surface area contributed by atoms with Crippen molar-refractivity contribution >= 4 is 33.0 Å². The normalized spacial score (nSPS) is 15.2. The van der Waals surface area contributed by atoms with E-state index >= 15 is 0 Å². The first-order valence-electron chi connectivity index (χ1n) is 7.47. The van der Waals surface area contributed by atoms with E-state index in [4.69, 9.17) is 16.3 Å². The first kappa shape index (κ1) is 17.9. The molecule has 2 aromatic carbocycles. The van der Waals surface area contributed by atoms with Crippen LogP contribution in [0.5, 0.6) is 0 Å². The smallest absolute Gasteiger partial charge is 0.262 e. The summed E-state index contributed by atoms with van der Waals surface area (Å²) in [7, 11) is -4.18. The second-order valence-electron chi connectivity index (χ2n) is 5.45. The van der Waals surface area contributed by atoms with Crippen molar-refractivity contribution < 1.29 is 21.9 Å². The molecule has 0 unspecified atom stereocenters. The molecule has 1 heterocycles. The van der Waals surface area contributed by atoms with E-state index in [9.17, 15) is 17.2 Å². The quantitative estimate of drug-likeness (QED) is 0.873. The molecule has 134 valence electrons. The number of hydrogen-bond acceptors (Lipinski definition) is 4. The van der Waals surface area contributed by atoms with Crippen LogP contribution in [0.15, 0.2) is 41.3 Å². The van der Waals surface area contributed by atoms with Gasteiger partial charge in [-0.2, -0.15) is 0 Å². The van der Waals surface area contributed by atoms with E-state index in [1.54, 1.807) is 18.2 Å². The van der Waals surface area contributed by atoms with Gasteiger partial charge in [-0.25, -0.2) is 17.2 Å². The molecule has 1 N–H and O–H groups in total. The predicted molar refractivity (Wildman–Crippen MR) is 91.7 cm³/mol. The number of hydrogen-bond donors (Lipinski definition) is 1. The van der Waals surface area contributed by atoms with Gasteiger partial charge in [-0.05, 0) is 24.3 Å². The fraction of sp³-hybridized carbons (Fsp3) is 0.250. The zero-order valence-corrected chi connectivity index (χ0v) is 14.6. The number of para-hydroxylation sites is 1. The number of benzene rings is 2. The average molecular weight is 389 g/mol. The van der Waals surface area contributed by atoms with Gasteiger partial charge in [-0.3, -0.25) is 4.72 Å². The zero-order chi connectivity index (χ0) is 18.0. The van der Waals surface area contributed by atoms with Crippen molar-refractivity contribution in [1.82, 2.24) is 0 Å². The number of rotatable bonds is 4. The minimum atomic E-state index is -4.18. The number of morpholine rings is 1. The summed E-state index contributed by atoms with van der Waals surface area (Å²) in [4.78, 5) is 1.40. The molecule has 0 radical (unpaired) electrons. The van der Waals surface area contributed by atoms with E-state index in [2.05, 4.69) is 4.72 Å². The van der Waals surface area contributed by atoms with Crippen LogP contribution in [0.3, 0.4) is 0 Å². The molecular weight excluding hydrogens is 374 g/mol. The van der Waals surface area contributed by atoms with Gasteiger partial charge in [0.25, 0.3) is 10.0 Å². The molecule has 1 saturated heterocycles. The van der Waals surface area contributed by atoms with E-state index in [-0.39, 0.29) is 5.69 Å². The first-order valence-corrected chi connectivity index (χ1v) is 9.33. The molecule has 0 aromatic heterocycles. The maximum absolute atomic E-state index is 13.4. The summed E-state index contributed by atoms with van der Waals surface area (Å²) in [5.74, 6) is -1.94. The van der Waals surface area contributed by atoms with Gasteiger partial charge in [-0.1, -0.05) is 17.7 Å². The molecule has 0 amide bonds. The lowest BCUT2D eigenvalue weighted by Crippen LogP contribution is -2.37. The van der Waals surface area contributed by atoms with Crippen molar-refractivity contribution in [3.63, 3.8) is 0 Å². The van der Waals surface area contributed by atoms with Crippen LogP contribution >= 0.6 is 11.6 Å². The van der Waals surface area contributed by atoms with Crippen LogP contribution in [0.4, 0.5) is 20.2 Å². The number of anilines is 2. The Labute approximate surface area is 149 Å². The van der Waals surface area contributed by atoms with Gasteiger partial charge < -0.3 is 9.64 Å². The molecule has 0 atom stereocenters. The van der Waals surface area contributed by atoms with Crippen molar-refractivity contribution in [2.75, 3.05) is 35.9 Å². The Morgan fingerprint density at radius 2 is 1.72 bits per heavy atom. The monoisotopic (exact) mass is 388 g/mol. The first-order chi connectivity index (χ1) is 11.9. The lowest BCUT2D eigenvalue weighted by atomic mass is 10.2. The zero-order valence-electron chi connectivity index (χ0n) is 13.0. The van der Waals surface area contributed by atoms with Crippen LogP contribution < -0.4 is 9.62 Å². The highest BCUT2D eigenvalue weighted by Crippen LogP contribution is 2.35. The van der Waals surface area contributed by atoms with Crippen LogP contribution in [0.2, 0.25) is 5.02 Å². The van der Waals surface area contributed by atoms with E-state index in [1.165, 1.54) is 0 Å². The van der Waals surface area contributed by atoms with Crippen molar-refractivity contribution in [3.8, 4) is 0 Å². The molecular formula is C16H15ClF2N2O3S. The maximum atomic E-state index is 13.4. The van der Waals surface area contributed by atoms with Crippen LogP contribution in [-0.4, -0.2) is 34.7 Å². The van der Waals surface area contributed by atoms with Crippen LogP contribution in [0, 0.1) is 11.6 Å². The van der Waals surface area contributed by atoms with E-state index in [1.807, 2.05) is 4.90 Å². The second kappa shape index (κ2) is 7.15. The minimum Gasteiger partial charge on any atom is -0.378 e. The fourth-order valence-electron chi connectivity index (χ4n) is 2.59. The van der Waals surface area contributed by atoms with Crippen LogP contribution in [-0.2, 0) is 14.8 Å². The van der Waals surface area contributed by atoms with Gasteiger partial charge in [-0.15, -0.1) is 0 Å². The van der Waals surface area contributed by atoms with Crippen LogP contribution in [0.25, 0.3) is 0 Å². The Balaban J connectivity index is 1.98. The molecule has 1 aliphatic rings. The lowest BCUT2D eigenvalue weighted by Gasteiger charge is -2.31. The maximum Gasteiger partial charge on any atom is 0.262 e. The molecule has 0 spiro atoms. The van der Waals surface area contributed by atoms with Gasteiger partial charge in [0.15, 0.2) is 0 Å². The number of nitrogens with zero attached hydrogens (tertiary/aromatic N) is 1. The molecule has 1 fully saturated rings. The highest BCUT2D eigenvalue weighted by molar-refractivity contribution is 7.92. The highest BCUT2D eigenvalue weighted by Gasteiger charge is 2.22. The molecule has 0 saturated carbocycles. The Hall–Kier alpha value is -1.90. The van der Waals surface area contributed by atoms with E-state index in [0.717, 1.165) is 12.1 Å². The summed E-state index contributed by atoms with van der Waals surface area (Å²) in [5.41, 5.74) is 0.743. The molecule has 5 nitrogen and oxygen atoms in total. The summed E-state index contributed by atoms with van der Waals surface area (Å²) in [6.07, 6.45) is 0. The summed E-state index contributed by atoms with van der Waals surface area (Å²) in [5, 5.41) is 0.368. The molecule has 2 aromatic rings. The van der Waals surface area contributed by atoms with Gasteiger partial charge in [0, 0.05) is 19.2 Å². The third-order valence-corrected chi connectivity index (χ3v) is 5.35. The van der Waals surface area contributed by atoms with Crippen molar-refractivity contribution in [3.05, 3.63) is 53.1 Å². The largest absolute Gasteiger partial charge is 0.378 e. The number of halogens is 3. The Bertz CT molecular complexity index is 867. The summed E-state index contributed by atoms with van der Waals surface area (Å²) in [6, 6.07) is 6.90. The van der Waals surface area contributed by atoms with Crippen molar-refractivity contribution in [2.45, 2.75) is 4.90 Å². The predicted octanol–water partition coefficient (Wildman–Crippen LogP) is 3.26. The van der Waals surface area contributed by atoms with Gasteiger partial charge in [0.05, 0.1) is 34.5 Å². The Kier molecular flexibility index (Phi) is 5.12. The second-order valence-corrected chi connectivity index (χ2v) is 7.54. The fourth-order valence-corrected chi connectivity index (χ4v) is 4.00. The summed E-state index contributed by atoms with van der Waals surface area (Å²) < 4.78 is 59.4. The summed E-state index contributed by atoms with van der Waals surface area (Å²) in [6.45, 7) is 2.08. The molecule has 1 aliphatic heterocycles. The third-order valence-electron chi connectivity index (χ3n) is 3.70. The van der Waals surface area contributed by atoms with Crippen molar-refractivity contribution in [2.24, 2.45) is 0 Å². The van der Waals surface area contributed by atoms with E-state index in [0.29, 0.717) is 43.1 Å². The average Bonchev–Trinajstić information content (AvgIpc) is 2.54. The molecule has 0 bridgehead atoms. The number of sulfonamides is 1. The van der Waals surface area contributed by atoms with Gasteiger partial charge in [0.2, 0.25) is 0 Å². The van der Waals surface area contributed by atoms with Gasteiger partial charge >= 0.3 is 0 Å².